The molecule has 1 aliphatic rings. The van der Waals surface area contributed by atoms with Crippen molar-refractivity contribution >= 4 is 17.8 Å². The molecule has 4 nitrogen and oxygen atoms in total. The van der Waals surface area contributed by atoms with Gasteiger partial charge in [0, 0.05) is 5.56 Å². The van der Waals surface area contributed by atoms with Crippen LogP contribution in [0.5, 0.6) is 11.5 Å². The Labute approximate surface area is 153 Å². The van der Waals surface area contributed by atoms with Crippen molar-refractivity contribution in [1.82, 2.24) is 0 Å². The van der Waals surface area contributed by atoms with Gasteiger partial charge >= 0.3 is 5.97 Å². The van der Waals surface area contributed by atoms with Gasteiger partial charge in [0.25, 0.3) is 0 Å². The van der Waals surface area contributed by atoms with Crippen LogP contribution >= 0.6 is 0 Å². The van der Waals surface area contributed by atoms with Gasteiger partial charge in [0.2, 0.25) is 0 Å². The normalized spacial score (nSPS) is 15.0. The van der Waals surface area contributed by atoms with Crippen molar-refractivity contribution in [3.63, 3.8) is 0 Å². The van der Waals surface area contributed by atoms with E-state index in [1.807, 2.05) is 49.4 Å². The van der Waals surface area contributed by atoms with Crippen molar-refractivity contribution in [2.24, 2.45) is 0 Å². The van der Waals surface area contributed by atoms with Crippen LogP contribution in [0.1, 0.15) is 30.0 Å². The minimum atomic E-state index is -0.356. The van der Waals surface area contributed by atoms with E-state index in [9.17, 15) is 4.79 Å². The number of aryl methyl sites for hydroxylation is 1. The van der Waals surface area contributed by atoms with E-state index in [2.05, 4.69) is 6.92 Å². The van der Waals surface area contributed by atoms with Crippen molar-refractivity contribution in [3.8, 4) is 11.5 Å². The van der Waals surface area contributed by atoms with Crippen LogP contribution in [0.2, 0.25) is 0 Å². The van der Waals surface area contributed by atoms with Gasteiger partial charge in [-0.15, -0.1) is 0 Å². The quantitative estimate of drug-likeness (QED) is 0.556. The third-order valence-corrected chi connectivity index (χ3v) is 4.03. The smallest absolute Gasteiger partial charge is 0.343 e. The van der Waals surface area contributed by atoms with Crippen LogP contribution in [0.25, 0.3) is 11.8 Å². The van der Waals surface area contributed by atoms with E-state index in [0.717, 1.165) is 23.1 Å². The lowest BCUT2D eigenvalue weighted by molar-refractivity contribution is -0.130. The molecule has 134 valence electrons. The number of methoxy groups -OCH3 is 1. The largest absolute Gasteiger partial charge is 0.493 e. The molecule has 2 aromatic rings. The van der Waals surface area contributed by atoms with Gasteiger partial charge in [0.05, 0.1) is 19.3 Å². The predicted octanol–water partition coefficient (Wildman–Crippen LogP) is 4.77. The second-order valence-electron chi connectivity index (χ2n) is 6.12. The Hall–Kier alpha value is -3.01. The molecule has 0 unspecified atom stereocenters. The van der Waals surface area contributed by atoms with Crippen LogP contribution in [0, 0.1) is 6.92 Å². The second kappa shape index (κ2) is 7.91. The summed E-state index contributed by atoms with van der Waals surface area (Å²) >= 11 is 0. The van der Waals surface area contributed by atoms with E-state index in [-0.39, 0.29) is 5.97 Å². The van der Waals surface area contributed by atoms with Gasteiger partial charge in [-0.25, -0.2) is 4.79 Å². The number of rotatable bonds is 6. The zero-order chi connectivity index (χ0) is 18.5. The Balaban J connectivity index is 1.86. The molecule has 26 heavy (non-hydrogen) atoms. The molecular weight excluding hydrogens is 328 g/mol. The number of ether oxygens (including phenoxy) is 3. The molecule has 0 amide bonds. The van der Waals surface area contributed by atoms with Crippen molar-refractivity contribution in [2.45, 2.75) is 20.3 Å². The fraction of sp³-hybridized carbons (Fsp3) is 0.227. The molecule has 0 fully saturated rings. The van der Waals surface area contributed by atoms with Gasteiger partial charge < -0.3 is 14.2 Å². The summed E-state index contributed by atoms with van der Waals surface area (Å²) in [5.41, 5.74) is 3.39. The number of hydrogen-bond acceptors (Lipinski definition) is 4. The van der Waals surface area contributed by atoms with Crippen LogP contribution in [-0.2, 0) is 9.53 Å². The van der Waals surface area contributed by atoms with Crippen molar-refractivity contribution in [2.75, 3.05) is 13.7 Å². The lowest BCUT2D eigenvalue weighted by Crippen LogP contribution is -1.99. The first-order chi connectivity index (χ1) is 12.6. The summed E-state index contributed by atoms with van der Waals surface area (Å²) in [7, 11) is 1.60. The zero-order valence-corrected chi connectivity index (χ0v) is 15.2. The lowest BCUT2D eigenvalue weighted by atomic mass is 10.1. The molecule has 1 heterocycles. The Morgan fingerprint density at radius 3 is 2.54 bits per heavy atom. The number of carbonyl (C=O) groups excluding carboxylic acids is 1. The standard InChI is InChI=1S/C22H22O4/c1-4-11-25-19-10-7-16(13-21(19)24-3)12-18-14-20(26-22(18)23)17-8-5-15(2)6-9-17/h5-10,12-14H,4,11H2,1-3H3/b18-12+. The molecular formula is C22H22O4. The van der Waals surface area contributed by atoms with E-state index in [0.29, 0.717) is 29.4 Å². The van der Waals surface area contributed by atoms with Gasteiger partial charge in [-0.2, -0.15) is 0 Å². The van der Waals surface area contributed by atoms with Gasteiger partial charge in [-0.3, -0.25) is 0 Å². The fourth-order valence-electron chi connectivity index (χ4n) is 2.63. The maximum atomic E-state index is 12.2. The molecule has 0 aliphatic carbocycles. The molecule has 3 rings (SSSR count). The maximum absolute atomic E-state index is 12.2. The number of cyclic esters (lactones) is 1. The molecule has 1 aliphatic heterocycles. The third kappa shape index (κ3) is 3.97. The summed E-state index contributed by atoms with van der Waals surface area (Å²) in [6.07, 6.45) is 4.48. The minimum absolute atomic E-state index is 0.356. The summed E-state index contributed by atoms with van der Waals surface area (Å²) in [5.74, 6) is 1.55. The highest BCUT2D eigenvalue weighted by molar-refractivity contribution is 6.05. The first-order valence-electron chi connectivity index (χ1n) is 8.64. The lowest BCUT2D eigenvalue weighted by Gasteiger charge is -2.10. The average Bonchev–Trinajstić information content (AvgIpc) is 3.01. The summed E-state index contributed by atoms with van der Waals surface area (Å²) in [5, 5.41) is 0. The van der Waals surface area contributed by atoms with Crippen LogP contribution in [0.4, 0.5) is 0 Å². The topological polar surface area (TPSA) is 44.8 Å². The van der Waals surface area contributed by atoms with Crippen molar-refractivity contribution in [3.05, 3.63) is 70.8 Å². The highest BCUT2D eigenvalue weighted by atomic mass is 16.5. The van der Waals surface area contributed by atoms with Crippen LogP contribution in [0.3, 0.4) is 0 Å². The van der Waals surface area contributed by atoms with Gasteiger partial charge in [-0.1, -0.05) is 42.8 Å². The Bertz CT molecular complexity index is 860. The van der Waals surface area contributed by atoms with Gasteiger partial charge in [0.15, 0.2) is 11.5 Å². The molecule has 0 N–H and O–H groups in total. The Kier molecular flexibility index (Phi) is 5.42. The van der Waals surface area contributed by atoms with Crippen LogP contribution in [0.15, 0.2) is 54.1 Å². The molecule has 0 bridgehead atoms. The monoisotopic (exact) mass is 350 g/mol. The SMILES string of the molecule is CCCOc1ccc(/C=C2\C=C(c3ccc(C)cc3)OC2=O)cc1OC. The number of esters is 1. The van der Waals surface area contributed by atoms with Crippen molar-refractivity contribution in [1.29, 1.82) is 0 Å². The third-order valence-electron chi connectivity index (χ3n) is 4.03. The summed E-state index contributed by atoms with van der Waals surface area (Å²) in [4.78, 5) is 12.2. The van der Waals surface area contributed by atoms with Gasteiger partial charge in [0.1, 0.15) is 5.76 Å². The van der Waals surface area contributed by atoms with Gasteiger partial charge in [-0.05, 0) is 43.2 Å². The zero-order valence-electron chi connectivity index (χ0n) is 15.2. The average molecular weight is 350 g/mol. The van der Waals surface area contributed by atoms with E-state index in [1.165, 1.54) is 0 Å². The minimum Gasteiger partial charge on any atom is -0.493 e. The second-order valence-corrected chi connectivity index (χ2v) is 6.12. The van der Waals surface area contributed by atoms with Crippen LogP contribution in [-0.4, -0.2) is 19.7 Å². The molecule has 0 saturated heterocycles. The fourth-order valence-corrected chi connectivity index (χ4v) is 2.63. The first-order valence-corrected chi connectivity index (χ1v) is 8.64. The Morgan fingerprint density at radius 2 is 1.85 bits per heavy atom. The molecule has 0 spiro atoms. The van der Waals surface area contributed by atoms with Crippen LogP contribution < -0.4 is 9.47 Å². The maximum Gasteiger partial charge on any atom is 0.343 e. The highest BCUT2D eigenvalue weighted by Gasteiger charge is 2.22. The van der Waals surface area contributed by atoms with E-state index in [4.69, 9.17) is 14.2 Å². The number of benzene rings is 2. The first kappa shape index (κ1) is 17.8. The Morgan fingerprint density at radius 1 is 1.08 bits per heavy atom. The molecule has 0 saturated carbocycles. The number of hydrogen-bond donors (Lipinski definition) is 0. The van der Waals surface area contributed by atoms with E-state index < -0.39 is 0 Å². The number of carbonyl (C=O) groups is 1. The highest BCUT2D eigenvalue weighted by Crippen LogP contribution is 2.31. The predicted molar refractivity (Wildman–Crippen MR) is 102 cm³/mol. The van der Waals surface area contributed by atoms with E-state index >= 15 is 0 Å². The summed E-state index contributed by atoms with van der Waals surface area (Å²) < 4.78 is 16.5. The van der Waals surface area contributed by atoms with Crippen molar-refractivity contribution < 1.29 is 19.0 Å². The molecule has 4 heteroatoms. The molecule has 0 atom stereocenters. The summed E-state index contributed by atoms with van der Waals surface area (Å²) in [6.45, 7) is 4.70. The molecule has 0 radical (unpaired) electrons. The molecule has 0 aromatic heterocycles. The molecule has 2 aromatic carbocycles. The van der Waals surface area contributed by atoms with E-state index in [1.54, 1.807) is 19.3 Å². The summed E-state index contributed by atoms with van der Waals surface area (Å²) in [6, 6.07) is 13.5.